The van der Waals surface area contributed by atoms with Crippen LogP contribution in [0.4, 0.5) is 5.69 Å². The summed E-state index contributed by atoms with van der Waals surface area (Å²) in [7, 11) is 0. The van der Waals surface area contributed by atoms with E-state index in [-0.39, 0.29) is 23.4 Å². The fourth-order valence-corrected chi connectivity index (χ4v) is 2.66. The molecule has 114 valence electrons. The summed E-state index contributed by atoms with van der Waals surface area (Å²) in [5.41, 5.74) is -0.544. The molecule has 1 aromatic rings. The summed E-state index contributed by atoms with van der Waals surface area (Å²) in [6.07, 6.45) is 4.69. The molecule has 1 aromatic heterocycles. The Hall–Kier alpha value is -2.18. The lowest BCUT2D eigenvalue weighted by molar-refractivity contribution is -0.386. The van der Waals surface area contributed by atoms with Crippen molar-refractivity contribution in [2.75, 3.05) is 0 Å². The fraction of sp³-hybridized carbons (Fsp3) is 0.571. The van der Waals surface area contributed by atoms with Crippen molar-refractivity contribution >= 4 is 11.7 Å². The first-order valence-corrected chi connectivity index (χ1v) is 7.06. The number of pyridine rings is 1. The van der Waals surface area contributed by atoms with Crippen molar-refractivity contribution in [2.24, 2.45) is 5.92 Å². The number of carboxylic acid groups (broad SMARTS) is 1. The Morgan fingerprint density at radius 2 is 2.29 bits per heavy atom. The number of hydrogen-bond acceptors (Lipinski definition) is 5. The van der Waals surface area contributed by atoms with Crippen molar-refractivity contribution in [2.45, 2.75) is 45.1 Å². The molecule has 2 atom stereocenters. The smallest absolute Gasteiger partial charge is 0.354 e. The third-order valence-electron chi connectivity index (χ3n) is 3.85. The van der Waals surface area contributed by atoms with Gasteiger partial charge in [0.2, 0.25) is 0 Å². The van der Waals surface area contributed by atoms with Crippen molar-refractivity contribution in [3.63, 3.8) is 0 Å². The van der Waals surface area contributed by atoms with Gasteiger partial charge in [0.15, 0.2) is 5.69 Å². The second kappa shape index (κ2) is 6.51. The number of carboxylic acids is 1. The Labute approximate surface area is 122 Å². The van der Waals surface area contributed by atoms with Crippen molar-refractivity contribution in [3.8, 4) is 5.88 Å². The van der Waals surface area contributed by atoms with E-state index >= 15 is 0 Å². The third kappa shape index (κ3) is 3.68. The average molecular weight is 294 g/mol. The van der Waals surface area contributed by atoms with Gasteiger partial charge in [-0.3, -0.25) is 10.1 Å². The maximum absolute atomic E-state index is 11.0. The Morgan fingerprint density at radius 3 is 2.90 bits per heavy atom. The highest BCUT2D eigenvalue weighted by atomic mass is 16.6. The Kier molecular flexibility index (Phi) is 4.72. The van der Waals surface area contributed by atoms with Gasteiger partial charge in [0.05, 0.1) is 4.92 Å². The second-order valence-electron chi connectivity index (χ2n) is 5.26. The van der Waals surface area contributed by atoms with E-state index in [1.807, 2.05) is 0 Å². The molecule has 0 amide bonds. The SMILES string of the molecule is CCC1CCCC(Oc2nc(C(=O)O)ccc2[N+](=O)[O-])C1. The van der Waals surface area contributed by atoms with E-state index in [2.05, 4.69) is 11.9 Å². The topological polar surface area (TPSA) is 103 Å². The van der Waals surface area contributed by atoms with Crippen LogP contribution in [-0.2, 0) is 0 Å². The molecule has 0 aliphatic heterocycles. The van der Waals surface area contributed by atoms with Gasteiger partial charge in [0.1, 0.15) is 6.10 Å². The van der Waals surface area contributed by atoms with Crippen LogP contribution in [0, 0.1) is 16.0 Å². The molecule has 0 spiro atoms. The molecule has 1 saturated carbocycles. The number of nitrogens with zero attached hydrogens (tertiary/aromatic N) is 2. The van der Waals surface area contributed by atoms with Gasteiger partial charge in [-0.2, -0.15) is 0 Å². The average Bonchev–Trinajstić information content (AvgIpc) is 2.47. The maximum atomic E-state index is 11.0. The number of aromatic nitrogens is 1. The number of carbonyl (C=O) groups is 1. The van der Waals surface area contributed by atoms with Crippen LogP contribution < -0.4 is 4.74 Å². The zero-order chi connectivity index (χ0) is 15.4. The summed E-state index contributed by atoms with van der Waals surface area (Å²) in [6, 6.07) is 2.25. The molecule has 7 nitrogen and oxygen atoms in total. The minimum atomic E-state index is -1.23. The van der Waals surface area contributed by atoms with Crippen molar-refractivity contribution < 1.29 is 19.6 Å². The lowest BCUT2D eigenvalue weighted by Gasteiger charge is -2.28. The molecule has 1 aliphatic rings. The zero-order valence-corrected chi connectivity index (χ0v) is 11.8. The fourth-order valence-electron chi connectivity index (χ4n) is 2.66. The highest BCUT2D eigenvalue weighted by molar-refractivity contribution is 5.85. The summed E-state index contributed by atoms with van der Waals surface area (Å²) < 4.78 is 5.65. The molecular weight excluding hydrogens is 276 g/mol. The molecule has 2 rings (SSSR count). The van der Waals surface area contributed by atoms with Gasteiger partial charge in [0, 0.05) is 6.07 Å². The van der Waals surface area contributed by atoms with Crippen LogP contribution >= 0.6 is 0 Å². The van der Waals surface area contributed by atoms with Crippen molar-refractivity contribution in [1.29, 1.82) is 0 Å². The number of nitro groups is 1. The molecule has 1 fully saturated rings. The summed E-state index contributed by atoms with van der Waals surface area (Å²) in [5, 5.41) is 19.9. The van der Waals surface area contributed by atoms with E-state index < -0.39 is 10.9 Å². The Bertz CT molecular complexity index is 546. The van der Waals surface area contributed by atoms with E-state index in [0.29, 0.717) is 5.92 Å². The first-order valence-electron chi connectivity index (χ1n) is 7.06. The molecule has 0 saturated heterocycles. The predicted octanol–water partition coefficient (Wildman–Crippen LogP) is 3.04. The van der Waals surface area contributed by atoms with Gasteiger partial charge < -0.3 is 9.84 Å². The summed E-state index contributed by atoms with van der Waals surface area (Å²) >= 11 is 0. The van der Waals surface area contributed by atoms with E-state index in [1.54, 1.807) is 0 Å². The first kappa shape index (κ1) is 15.2. The highest BCUT2D eigenvalue weighted by Gasteiger charge is 2.27. The predicted molar refractivity (Wildman–Crippen MR) is 74.5 cm³/mol. The van der Waals surface area contributed by atoms with Crippen molar-refractivity contribution in [3.05, 3.63) is 27.9 Å². The van der Waals surface area contributed by atoms with Gasteiger partial charge in [-0.25, -0.2) is 9.78 Å². The Morgan fingerprint density at radius 1 is 1.52 bits per heavy atom. The van der Waals surface area contributed by atoms with Crippen LogP contribution in [0.2, 0.25) is 0 Å². The monoisotopic (exact) mass is 294 g/mol. The third-order valence-corrected chi connectivity index (χ3v) is 3.85. The van der Waals surface area contributed by atoms with Crippen molar-refractivity contribution in [1.82, 2.24) is 4.98 Å². The lowest BCUT2D eigenvalue weighted by Crippen LogP contribution is -2.26. The highest BCUT2D eigenvalue weighted by Crippen LogP contribution is 2.32. The molecule has 0 radical (unpaired) electrons. The normalized spacial score (nSPS) is 21.8. The number of hydrogen-bond donors (Lipinski definition) is 1. The van der Waals surface area contributed by atoms with E-state index in [1.165, 1.54) is 0 Å². The minimum Gasteiger partial charge on any atom is -0.477 e. The van der Waals surface area contributed by atoms with Gasteiger partial charge in [-0.15, -0.1) is 0 Å². The standard InChI is InChI=1S/C14H18N2O5/c1-2-9-4-3-5-10(8-9)21-13-12(16(19)20)7-6-11(15-13)14(17)18/h6-7,9-10H,2-5,8H2,1H3,(H,17,18). The van der Waals surface area contributed by atoms with E-state index in [0.717, 1.165) is 44.2 Å². The number of rotatable bonds is 5. The van der Waals surface area contributed by atoms with Crippen LogP contribution in [0.5, 0.6) is 5.88 Å². The Balaban J connectivity index is 2.22. The largest absolute Gasteiger partial charge is 0.477 e. The molecule has 0 bridgehead atoms. The van der Waals surface area contributed by atoms with Crippen LogP contribution in [0.25, 0.3) is 0 Å². The van der Waals surface area contributed by atoms with Crippen LogP contribution in [0.15, 0.2) is 12.1 Å². The van der Waals surface area contributed by atoms with Crippen LogP contribution in [-0.4, -0.2) is 27.1 Å². The van der Waals surface area contributed by atoms with Gasteiger partial charge in [0.25, 0.3) is 5.88 Å². The minimum absolute atomic E-state index is 0.140. The van der Waals surface area contributed by atoms with Crippen LogP contribution in [0.1, 0.15) is 49.5 Å². The van der Waals surface area contributed by atoms with Gasteiger partial charge >= 0.3 is 11.7 Å². The van der Waals surface area contributed by atoms with Crippen LogP contribution in [0.3, 0.4) is 0 Å². The van der Waals surface area contributed by atoms with E-state index in [4.69, 9.17) is 9.84 Å². The first-order chi connectivity index (χ1) is 10.0. The quantitative estimate of drug-likeness (QED) is 0.661. The van der Waals surface area contributed by atoms with Gasteiger partial charge in [-0.1, -0.05) is 19.8 Å². The lowest BCUT2D eigenvalue weighted by atomic mass is 9.85. The zero-order valence-electron chi connectivity index (χ0n) is 11.8. The van der Waals surface area contributed by atoms with E-state index in [9.17, 15) is 14.9 Å². The second-order valence-corrected chi connectivity index (χ2v) is 5.26. The molecule has 1 aliphatic carbocycles. The maximum Gasteiger partial charge on any atom is 0.354 e. The molecule has 21 heavy (non-hydrogen) atoms. The summed E-state index contributed by atoms with van der Waals surface area (Å²) in [6.45, 7) is 2.11. The number of aromatic carboxylic acids is 1. The molecule has 1 N–H and O–H groups in total. The molecular formula is C14H18N2O5. The molecule has 2 unspecified atom stereocenters. The number of ether oxygens (including phenoxy) is 1. The summed E-state index contributed by atoms with van der Waals surface area (Å²) in [4.78, 5) is 25.1. The summed E-state index contributed by atoms with van der Waals surface area (Å²) in [5.74, 6) is -0.878. The molecule has 0 aromatic carbocycles. The van der Waals surface area contributed by atoms with Gasteiger partial charge in [-0.05, 0) is 31.2 Å². The molecule has 1 heterocycles. The molecule has 7 heteroatoms.